The Labute approximate surface area is 360 Å². The van der Waals surface area contributed by atoms with Gasteiger partial charge in [-0.3, -0.25) is 24.5 Å². The number of thiazole rings is 1. The largest absolute Gasteiger partial charge is 0.493 e. The summed E-state index contributed by atoms with van der Waals surface area (Å²) in [5, 5.41) is 19.2. The van der Waals surface area contributed by atoms with Crippen molar-refractivity contribution in [3.05, 3.63) is 83.8 Å². The van der Waals surface area contributed by atoms with Crippen molar-refractivity contribution >= 4 is 73.6 Å². The number of ether oxygens (including phenoxy) is 4. The molecule has 3 aromatic carbocycles. The highest BCUT2D eigenvalue weighted by molar-refractivity contribution is 7.22. The number of carbonyl (C=O) groups excluding carboxylic acids is 4. The third kappa shape index (κ3) is 9.19. The van der Waals surface area contributed by atoms with Gasteiger partial charge in [-0.25, -0.2) is 19.7 Å². The van der Waals surface area contributed by atoms with E-state index in [9.17, 15) is 29.1 Å². The molecule has 3 aliphatic rings. The molecule has 62 heavy (non-hydrogen) atoms. The number of aryl methyl sites for hydroxylation is 1. The van der Waals surface area contributed by atoms with E-state index >= 15 is 0 Å². The second-order valence-electron chi connectivity index (χ2n) is 15.1. The number of hydrogen-bond acceptors (Lipinski definition) is 12. The van der Waals surface area contributed by atoms with Crippen LogP contribution in [0.15, 0.2) is 66.9 Å². The van der Waals surface area contributed by atoms with Crippen molar-refractivity contribution in [3.8, 4) is 11.5 Å². The molecule has 2 saturated heterocycles. The molecule has 5 heterocycles. The Morgan fingerprint density at radius 1 is 0.935 bits per heavy atom. The molecule has 5 amide bonds. The lowest BCUT2D eigenvalue weighted by molar-refractivity contribution is -0.198. The second kappa shape index (κ2) is 18.6. The number of piperidine rings is 1. The zero-order chi connectivity index (χ0) is 43.3. The second-order valence-corrected chi connectivity index (χ2v) is 16.1. The number of carboxylic acid groups (broad SMARTS) is 1. The van der Waals surface area contributed by atoms with E-state index in [4.69, 9.17) is 18.9 Å². The molecular weight excluding hydrogens is 821 g/mol. The number of benzene rings is 3. The van der Waals surface area contributed by atoms with Crippen LogP contribution in [0.4, 0.5) is 27.1 Å². The van der Waals surface area contributed by atoms with Gasteiger partial charge in [-0.05, 0) is 81.3 Å². The fourth-order valence-electron chi connectivity index (χ4n) is 7.86. The number of hydrogen-bond donors (Lipinski definition) is 4. The first-order chi connectivity index (χ1) is 30.1. The van der Waals surface area contributed by atoms with Crippen LogP contribution in [0.25, 0.3) is 10.2 Å². The Morgan fingerprint density at radius 2 is 1.76 bits per heavy atom. The van der Waals surface area contributed by atoms with Crippen LogP contribution in [0, 0.1) is 0 Å². The van der Waals surface area contributed by atoms with Crippen molar-refractivity contribution in [2.45, 2.75) is 69.9 Å². The van der Waals surface area contributed by atoms with Crippen LogP contribution in [-0.4, -0.2) is 99.7 Å². The maximum absolute atomic E-state index is 14.0. The zero-order valence-electron chi connectivity index (χ0n) is 34.1. The van der Waals surface area contributed by atoms with Gasteiger partial charge in [0, 0.05) is 50.1 Å². The van der Waals surface area contributed by atoms with E-state index in [1.807, 2.05) is 18.2 Å². The van der Waals surface area contributed by atoms with Crippen molar-refractivity contribution < 1.29 is 48.0 Å². The molecule has 0 aliphatic carbocycles. The number of methoxy groups -OCH3 is 1. The minimum absolute atomic E-state index is 0.0239. The van der Waals surface area contributed by atoms with E-state index < -0.39 is 30.6 Å². The van der Waals surface area contributed by atoms with Crippen molar-refractivity contribution in [1.82, 2.24) is 19.4 Å². The monoisotopic (exact) mass is 866 g/mol. The highest BCUT2D eigenvalue weighted by atomic mass is 32.1. The van der Waals surface area contributed by atoms with Crippen molar-refractivity contribution in [2.24, 2.45) is 7.05 Å². The topological polar surface area (TPSA) is 216 Å². The molecule has 0 saturated carbocycles. The number of rotatable bonds is 13. The summed E-state index contributed by atoms with van der Waals surface area (Å²) in [6, 6.07) is 16.7. The van der Waals surface area contributed by atoms with Crippen molar-refractivity contribution in [1.29, 1.82) is 0 Å². The molecule has 2 fully saturated rings. The number of para-hydroxylation sites is 1. The molecule has 5 aromatic rings. The van der Waals surface area contributed by atoms with Crippen LogP contribution in [0.3, 0.4) is 0 Å². The molecule has 3 aliphatic heterocycles. The summed E-state index contributed by atoms with van der Waals surface area (Å²) in [6.07, 6.45) is 3.46. The molecule has 0 radical (unpaired) electrons. The van der Waals surface area contributed by atoms with Gasteiger partial charge in [0.1, 0.15) is 0 Å². The molecule has 3 atom stereocenters. The maximum atomic E-state index is 14.0. The van der Waals surface area contributed by atoms with E-state index in [1.165, 1.54) is 41.3 Å². The summed E-state index contributed by atoms with van der Waals surface area (Å²) in [5.74, 6) is -0.904. The number of aromatic nitrogens is 3. The van der Waals surface area contributed by atoms with Gasteiger partial charge in [0.2, 0.25) is 11.7 Å². The van der Waals surface area contributed by atoms with Gasteiger partial charge >= 0.3 is 6.09 Å². The van der Waals surface area contributed by atoms with Gasteiger partial charge in [0.25, 0.3) is 17.7 Å². The maximum Gasteiger partial charge on any atom is 0.414 e. The first kappa shape index (κ1) is 42.1. The lowest BCUT2D eigenvalue weighted by atomic mass is 10.00. The lowest BCUT2D eigenvalue weighted by Gasteiger charge is -2.42. The van der Waals surface area contributed by atoms with Gasteiger partial charge < -0.3 is 44.2 Å². The molecule has 0 bridgehead atoms. The number of amides is 5. The Morgan fingerprint density at radius 3 is 2.53 bits per heavy atom. The lowest BCUT2D eigenvalue weighted by Crippen LogP contribution is -2.57. The van der Waals surface area contributed by atoms with Gasteiger partial charge in [-0.1, -0.05) is 29.5 Å². The Kier molecular flexibility index (Phi) is 12.6. The quantitative estimate of drug-likeness (QED) is 0.0910. The standard InChI is InChI=1S/C43H46N8O10S/c1-49-24-34(47-37(49)39(54)48-42-45-28-21-25(16-17-33(28)62-42)38(53)44-26-11-4-3-5-12-26)46-35(52)14-10-20-59-32-23-30-27(22-31(32)58-2)40(55)50-18-8-6-13-29(50)41(51(30)43(56)57)61-36-15-7-9-19-60-36/h3-5,11-12,16-17,21-24,29,36,41H,6-10,13-15,18-20H2,1-2H3,(H,44,53)(H,46,52)(H,56,57)(H,45,48,54)/t29-,36?,41?/m0/s1. The molecule has 2 unspecified atom stereocenters. The van der Waals surface area contributed by atoms with Crippen molar-refractivity contribution in [3.63, 3.8) is 0 Å². The van der Waals surface area contributed by atoms with E-state index in [2.05, 4.69) is 25.9 Å². The summed E-state index contributed by atoms with van der Waals surface area (Å²) in [7, 11) is 3.05. The van der Waals surface area contributed by atoms with E-state index in [1.54, 1.807) is 42.3 Å². The smallest absolute Gasteiger partial charge is 0.414 e. The molecule has 0 spiro atoms. The molecule has 18 nitrogen and oxygen atoms in total. The summed E-state index contributed by atoms with van der Waals surface area (Å²) in [5.41, 5.74) is 1.89. The highest BCUT2D eigenvalue weighted by Gasteiger charge is 2.46. The van der Waals surface area contributed by atoms with Crippen molar-refractivity contribution in [2.75, 3.05) is 47.7 Å². The molecule has 4 N–H and O–H groups in total. The highest BCUT2D eigenvalue weighted by Crippen LogP contribution is 2.42. The van der Waals surface area contributed by atoms with E-state index in [0.717, 1.165) is 35.3 Å². The molecule has 324 valence electrons. The van der Waals surface area contributed by atoms with E-state index in [0.29, 0.717) is 47.9 Å². The number of imidazole rings is 1. The number of carbonyl (C=O) groups is 5. The predicted molar refractivity (Wildman–Crippen MR) is 229 cm³/mol. The number of nitrogens with one attached hydrogen (secondary N) is 3. The fraction of sp³-hybridized carbons (Fsp3) is 0.372. The van der Waals surface area contributed by atoms with Crippen LogP contribution >= 0.6 is 11.3 Å². The number of fused-ring (bicyclic) bond motifs is 3. The van der Waals surface area contributed by atoms with Crippen LogP contribution in [0.1, 0.15) is 82.7 Å². The molecule has 19 heteroatoms. The fourth-order valence-corrected chi connectivity index (χ4v) is 8.70. The summed E-state index contributed by atoms with van der Waals surface area (Å²) in [6.45, 7) is 1.02. The SMILES string of the molecule is COc1cc2c(cc1OCCCC(=O)Nc1cn(C)c(C(=O)Nc3nc4cc(C(=O)Nc5ccccc5)ccc4s3)n1)N(C(=O)O)C(OC1CCCCO1)[C@@H]1CCCCN1C2=O. The Balaban J connectivity index is 0.886. The number of anilines is 4. The van der Waals surface area contributed by atoms with Gasteiger partial charge in [-0.2, -0.15) is 0 Å². The first-order valence-corrected chi connectivity index (χ1v) is 21.2. The summed E-state index contributed by atoms with van der Waals surface area (Å²) >= 11 is 1.24. The Hall–Kier alpha value is -6.57. The number of nitrogens with zero attached hydrogens (tertiary/aromatic N) is 5. The summed E-state index contributed by atoms with van der Waals surface area (Å²) in [4.78, 5) is 77.7. The van der Waals surface area contributed by atoms with Gasteiger partial charge in [0.15, 0.2) is 35.0 Å². The zero-order valence-corrected chi connectivity index (χ0v) is 34.9. The minimum atomic E-state index is -1.28. The van der Waals surface area contributed by atoms with E-state index in [-0.39, 0.29) is 71.6 Å². The van der Waals surface area contributed by atoms with Crippen LogP contribution in [0.2, 0.25) is 0 Å². The molecule has 2 aromatic heterocycles. The third-order valence-corrected chi connectivity index (χ3v) is 11.8. The minimum Gasteiger partial charge on any atom is -0.493 e. The Bertz CT molecular complexity index is 2490. The summed E-state index contributed by atoms with van der Waals surface area (Å²) < 4.78 is 26.1. The van der Waals surface area contributed by atoms with Crippen LogP contribution in [0.5, 0.6) is 11.5 Å². The van der Waals surface area contributed by atoms with Crippen LogP contribution in [-0.2, 0) is 21.3 Å². The molecular formula is C43H46N8O10S. The van der Waals surface area contributed by atoms with Gasteiger partial charge in [0.05, 0.1) is 41.2 Å². The average molecular weight is 867 g/mol. The first-order valence-electron chi connectivity index (χ1n) is 20.4. The van der Waals surface area contributed by atoms with Crippen LogP contribution < -0.4 is 30.3 Å². The predicted octanol–water partition coefficient (Wildman–Crippen LogP) is 6.70. The third-order valence-electron chi connectivity index (χ3n) is 10.9. The normalized spacial score (nSPS) is 18.6. The molecule has 8 rings (SSSR count). The average Bonchev–Trinajstić information content (AvgIpc) is 3.83. The van der Waals surface area contributed by atoms with Gasteiger partial charge in [-0.15, -0.1) is 0 Å².